The maximum absolute atomic E-state index is 12.1. The van der Waals surface area contributed by atoms with Crippen molar-refractivity contribution in [2.75, 3.05) is 6.54 Å². The summed E-state index contributed by atoms with van der Waals surface area (Å²) < 4.78 is 0. The molecule has 1 N–H and O–H groups in total. The molecule has 0 unspecified atom stereocenters. The van der Waals surface area contributed by atoms with Crippen LogP contribution in [0.3, 0.4) is 0 Å². The van der Waals surface area contributed by atoms with Crippen LogP contribution in [0.15, 0.2) is 43.0 Å². The summed E-state index contributed by atoms with van der Waals surface area (Å²) in [7, 11) is 0. The summed E-state index contributed by atoms with van der Waals surface area (Å²) in [5.74, 6) is -0.141. The second-order valence-electron chi connectivity index (χ2n) is 3.84. The highest BCUT2D eigenvalue weighted by molar-refractivity contribution is 6.30. The number of para-hydroxylation sites is 1. The number of carbonyl (C=O) groups is 1. The first-order valence-electron chi connectivity index (χ1n) is 5.67. The highest BCUT2D eigenvalue weighted by Gasteiger charge is 2.11. The lowest BCUT2D eigenvalue weighted by atomic mass is 10.1. The van der Waals surface area contributed by atoms with Crippen molar-refractivity contribution in [3.63, 3.8) is 0 Å². The zero-order valence-electron chi connectivity index (χ0n) is 9.82. The van der Waals surface area contributed by atoms with Crippen LogP contribution in [-0.4, -0.2) is 17.4 Å². The topological polar surface area (TPSA) is 42.0 Å². The number of benzene rings is 1. The highest BCUT2D eigenvalue weighted by Crippen LogP contribution is 2.20. The fourth-order valence-corrected chi connectivity index (χ4v) is 1.91. The predicted molar refractivity (Wildman–Crippen MR) is 73.9 cm³/mol. The van der Waals surface area contributed by atoms with Gasteiger partial charge in [0.05, 0.1) is 11.1 Å². The molecule has 3 nitrogen and oxygen atoms in total. The van der Waals surface area contributed by atoms with E-state index in [2.05, 4.69) is 16.9 Å². The first-order valence-corrected chi connectivity index (χ1v) is 6.04. The fraction of sp³-hybridized carbons (Fsp3) is 0.143. The largest absolute Gasteiger partial charge is 0.352 e. The van der Waals surface area contributed by atoms with E-state index < -0.39 is 0 Å². The lowest BCUT2D eigenvalue weighted by molar-refractivity contribution is 0.0956. The zero-order valence-corrected chi connectivity index (χ0v) is 10.6. The van der Waals surface area contributed by atoms with E-state index in [4.69, 9.17) is 11.6 Å². The normalized spacial score (nSPS) is 10.3. The van der Waals surface area contributed by atoms with E-state index in [1.54, 1.807) is 12.1 Å². The van der Waals surface area contributed by atoms with E-state index in [1.807, 2.05) is 24.3 Å². The van der Waals surface area contributed by atoms with Crippen LogP contribution >= 0.6 is 11.6 Å². The van der Waals surface area contributed by atoms with Gasteiger partial charge < -0.3 is 5.32 Å². The maximum atomic E-state index is 12.1. The van der Waals surface area contributed by atoms with E-state index in [0.717, 1.165) is 17.3 Å². The van der Waals surface area contributed by atoms with E-state index >= 15 is 0 Å². The Hall–Kier alpha value is -1.87. The number of halogens is 1. The van der Waals surface area contributed by atoms with Crippen LogP contribution in [0.1, 0.15) is 16.8 Å². The molecule has 0 fully saturated rings. The van der Waals surface area contributed by atoms with Crippen LogP contribution in [0.4, 0.5) is 0 Å². The van der Waals surface area contributed by atoms with Crippen molar-refractivity contribution in [1.82, 2.24) is 10.3 Å². The molecule has 92 valence electrons. The smallest absolute Gasteiger partial charge is 0.252 e. The molecular weight excluding hydrogens is 248 g/mol. The minimum Gasteiger partial charge on any atom is -0.352 e. The Morgan fingerprint density at radius 1 is 1.44 bits per heavy atom. The minimum atomic E-state index is -0.141. The molecule has 0 spiro atoms. The molecule has 0 saturated heterocycles. The summed E-state index contributed by atoms with van der Waals surface area (Å²) in [5.41, 5.74) is 1.27. The van der Waals surface area contributed by atoms with Gasteiger partial charge in [-0.15, -0.1) is 6.58 Å². The van der Waals surface area contributed by atoms with Gasteiger partial charge >= 0.3 is 0 Å². The molecule has 0 atom stereocenters. The Bertz CT molecular complexity index is 595. The van der Waals surface area contributed by atoms with Crippen LogP contribution in [0.5, 0.6) is 0 Å². The molecule has 2 aromatic rings. The van der Waals surface area contributed by atoms with Crippen molar-refractivity contribution in [3.8, 4) is 0 Å². The average Bonchev–Trinajstić information content (AvgIpc) is 2.38. The molecule has 18 heavy (non-hydrogen) atoms. The van der Waals surface area contributed by atoms with Crippen LogP contribution in [0.2, 0.25) is 5.15 Å². The number of pyridine rings is 1. The summed E-state index contributed by atoms with van der Waals surface area (Å²) in [5, 5.41) is 3.95. The van der Waals surface area contributed by atoms with Crippen LogP contribution in [-0.2, 0) is 0 Å². The molecule has 1 heterocycles. The summed E-state index contributed by atoms with van der Waals surface area (Å²) in [6, 6.07) is 9.03. The standard InChI is InChI=1S/C14H13ClN2O/c1-2-3-8-16-14(18)11-9-13(15)17-12-7-5-4-6-10(11)12/h2,4-7,9H,1,3,8H2,(H,16,18). The van der Waals surface area contributed by atoms with Crippen molar-refractivity contribution >= 4 is 28.4 Å². The third kappa shape index (κ3) is 2.68. The molecule has 0 radical (unpaired) electrons. The van der Waals surface area contributed by atoms with E-state index in [1.165, 1.54) is 0 Å². The van der Waals surface area contributed by atoms with Crippen molar-refractivity contribution in [3.05, 3.63) is 53.7 Å². The van der Waals surface area contributed by atoms with Gasteiger partial charge in [-0.3, -0.25) is 4.79 Å². The van der Waals surface area contributed by atoms with Crippen molar-refractivity contribution < 1.29 is 4.79 Å². The molecule has 0 bridgehead atoms. The van der Waals surface area contributed by atoms with Crippen molar-refractivity contribution in [2.45, 2.75) is 6.42 Å². The number of hydrogen-bond acceptors (Lipinski definition) is 2. The Morgan fingerprint density at radius 2 is 2.22 bits per heavy atom. The summed E-state index contributed by atoms with van der Waals surface area (Å²) in [4.78, 5) is 16.2. The SMILES string of the molecule is C=CCCNC(=O)c1cc(Cl)nc2ccccc12. The quantitative estimate of drug-likeness (QED) is 0.521. The van der Waals surface area contributed by atoms with E-state index in [-0.39, 0.29) is 5.91 Å². The lowest BCUT2D eigenvalue weighted by Crippen LogP contribution is -2.24. The van der Waals surface area contributed by atoms with Crippen LogP contribution < -0.4 is 5.32 Å². The molecule has 1 aromatic heterocycles. The molecule has 1 aromatic carbocycles. The van der Waals surface area contributed by atoms with Gasteiger partial charge in [0.2, 0.25) is 0 Å². The van der Waals surface area contributed by atoms with Crippen molar-refractivity contribution in [2.24, 2.45) is 0 Å². The minimum absolute atomic E-state index is 0.141. The number of fused-ring (bicyclic) bond motifs is 1. The number of amides is 1. The molecule has 0 aliphatic rings. The first kappa shape index (κ1) is 12.6. The second-order valence-corrected chi connectivity index (χ2v) is 4.23. The van der Waals surface area contributed by atoms with Gasteiger partial charge in [-0.05, 0) is 18.6 Å². The Kier molecular flexibility index (Phi) is 3.95. The number of aromatic nitrogens is 1. The number of rotatable bonds is 4. The fourth-order valence-electron chi connectivity index (χ4n) is 1.71. The maximum Gasteiger partial charge on any atom is 0.252 e. The number of nitrogens with one attached hydrogen (secondary N) is 1. The molecule has 4 heteroatoms. The van der Waals surface area contributed by atoms with Gasteiger partial charge in [0, 0.05) is 11.9 Å². The first-order chi connectivity index (χ1) is 8.72. The number of nitrogens with zero attached hydrogens (tertiary/aromatic N) is 1. The van der Waals surface area contributed by atoms with Crippen molar-refractivity contribution in [1.29, 1.82) is 0 Å². The summed E-state index contributed by atoms with van der Waals surface area (Å²) >= 11 is 5.92. The van der Waals surface area contributed by atoms with Gasteiger partial charge in [0.1, 0.15) is 5.15 Å². The Labute approximate surface area is 110 Å². The highest BCUT2D eigenvalue weighted by atomic mass is 35.5. The Balaban J connectivity index is 2.37. The summed E-state index contributed by atoms with van der Waals surface area (Å²) in [6.45, 7) is 4.18. The number of carbonyl (C=O) groups excluding carboxylic acids is 1. The molecule has 1 amide bonds. The Morgan fingerprint density at radius 3 is 3.00 bits per heavy atom. The second kappa shape index (κ2) is 5.65. The van der Waals surface area contributed by atoms with Gasteiger partial charge in [0.15, 0.2) is 0 Å². The third-order valence-electron chi connectivity index (χ3n) is 2.56. The van der Waals surface area contributed by atoms with E-state index in [9.17, 15) is 4.79 Å². The predicted octanol–water partition coefficient (Wildman–Crippen LogP) is 3.19. The molecule has 2 rings (SSSR count). The molecule has 0 saturated carbocycles. The van der Waals surface area contributed by atoms with Crippen LogP contribution in [0.25, 0.3) is 10.9 Å². The van der Waals surface area contributed by atoms with Gasteiger partial charge in [-0.1, -0.05) is 35.9 Å². The third-order valence-corrected chi connectivity index (χ3v) is 2.76. The van der Waals surface area contributed by atoms with Gasteiger partial charge in [0.25, 0.3) is 5.91 Å². The molecule has 0 aliphatic carbocycles. The van der Waals surface area contributed by atoms with Crippen LogP contribution in [0, 0.1) is 0 Å². The number of hydrogen-bond donors (Lipinski definition) is 1. The zero-order chi connectivity index (χ0) is 13.0. The molecule has 0 aliphatic heterocycles. The van der Waals surface area contributed by atoms with E-state index in [0.29, 0.717) is 17.3 Å². The van der Waals surface area contributed by atoms with Gasteiger partial charge in [-0.2, -0.15) is 0 Å². The van der Waals surface area contributed by atoms with Gasteiger partial charge in [-0.25, -0.2) is 4.98 Å². The molecular formula is C14H13ClN2O. The summed E-state index contributed by atoms with van der Waals surface area (Å²) in [6.07, 6.45) is 2.50. The average molecular weight is 261 g/mol. The lowest BCUT2D eigenvalue weighted by Gasteiger charge is -2.07. The monoisotopic (exact) mass is 260 g/mol.